The molecule has 1 atom stereocenters. The molecule has 2 aromatic carbocycles. The van der Waals surface area contributed by atoms with Gasteiger partial charge in [-0.1, -0.05) is 36.7 Å². The molecule has 1 nitrogen and oxygen atoms in total. The van der Waals surface area contributed by atoms with Gasteiger partial charge in [0.1, 0.15) is 11.6 Å². The van der Waals surface area contributed by atoms with Crippen LogP contribution in [0.2, 0.25) is 5.02 Å². The zero-order valence-electron chi connectivity index (χ0n) is 11.9. The van der Waals surface area contributed by atoms with E-state index in [1.165, 1.54) is 24.3 Å². The third-order valence-electron chi connectivity index (χ3n) is 3.35. The van der Waals surface area contributed by atoms with Crippen molar-refractivity contribution in [3.8, 4) is 0 Å². The predicted molar refractivity (Wildman–Crippen MR) is 82.5 cm³/mol. The highest BCUT2D eigenvalue weighted by Crippen LogP contribution is 2.26. The molecule has 0 spiro atoms. The lowest BCUT2D eigenvalue weighted by molar-refractivity contribution is 0.496. The smallest absolute Gasteiger partial charge is 0.127 e. The predicted octanol–water partition coefficient (Wildman–Crippen LogP) is 4.90. The fourth-order valence-corrected chi connectivity index (χ4v) is 2.48. The summed E-state index contributed by atoms with van der Waals surface area (Å²) in [6, 6.07) is 10.7. The number of benzene rings is 2. The van der Waals surface area contributed by atoms with Crippen LogP contribution in [0.4, 0.5) is 8.78 Å². The van der Waals surface area contributed by atoms with E-state index in [4.69, 9.17) is 11.6 Å². The van der Waals surface area contributed by atoms with Gasteiger partial charge < -0.3 is 5.32 Å². The summed E-state index contributed by atoms with van der Waals surface area (Å²) in [6.07, 6.45) is 1.37. The van der Waals surface area contributed by atoms with Crippen molar-refractivity contribution in [2.75, 3.05) is 6.54 Å². The van der Waals surface area contributed by atoms with Gasteiger partial charge in [-0.25, -0.2) is 8.78 Å². The van der Waals surface area contributed by atoms with Gasteiger partial charge in [0, 0.05) is 16.6 Å². The van der Waals surface area contributed by atoms with Crippen LogP contribution in [0.15, 0.2) is 42.5 Å². The first-order valence-corrected chi connectivity index (χ1v) is 7.41. The van der Waals surface area contributed by atoms with Gasteiger partial charge in [-0.05, 0) is 49.2 Å². The van der Waals surface area contributed by atoms with Crippen molar-refractivity contribution in [2.45, 2.75) is 25.8 Å². The maximum Gasteiger partial charge on any atom is 0.127 e. The summed E-state index contributed by atoms with van der Waals surface area (Å²) in [5, 5.41) is 3.80. The lowest BCUT2D eigenvalue weighted by atomic mass is 9.98. The maximum absolute atomic E-state index is 14.0. The van der Waals surface area contributed by atoms with Crippen molar-refractivity contribution >= 4 is 11.6 Å². The lowest BCUT2D eigenvalue weighted by Crippen LogP contribution is -2.25. The number of rotatable bonds is 6. The van der Waals surface area contributed by atoms with Crippen molar-refractivity contribution < 1.29 is 8.78 Å². The summed E-state index contributed by atoms with van der Waals surface area (Å²) >= 11 is 6.11. The molecule has 1 N–H and O–H groups in total. The molecule has 0 aliphatic rings. The summed E-state index contributed by atoms with van der Waals surface area (Å²) < 4.78 is 27.4. The van der Waals surface area contributed by atoms with E-state index in [9.17, 15) is 8.78 Å². The summed E-state index contributed by atoms with van der Waals surface area (Å²) in [5.41, 5.74) is 1.25. The highest BCUT2D eigenvalue weighted by Gasteiger charge is 2.17. The number of nitrogens with one attached hydrogen (secondary N) is 1. The average molecular weight is 310 g/mol. The van der Waals surface area contributed by atoms with Crippen molar-refractivity contribution in [3.63, 3.8) is 0 Å². The number of hydrogen-bond donors (Lipinski definition) is 1. The van der Waals surface area contributed by atoms with Crippen molar-refractivity contribution in [3.05, 3.63) is 70.2 Å². The summed E-state index contributed by atoms with van der Waals surface area (Å²) in [5.74, 6) is -0.601. The SMILES string of the molecule is CCCNC(Cc1cc(F)ccc1Cl)c1ccccc1F. The Bertz CT molecular complexity index is 601. The Morgan fingerprint density at radius 3 is 2.62 bits per heavy atom. The van der Waals surface area contributed by atoms with E-state index >= 15 is 0 Å². The monoisotopic (exact) mass is 309 g/mol. The fourth-order valence-electron chi connectivity index (χ4n) is 2.29. The van der Waals surface area contributed by atoms with Crippen molar-refractivity contribution in [1.82, 2.24) is 5.32 Å². The van der Waals surface area contributed by atoms with E-state index in [0.29, 0.717) is 22.6 Å². The van der Waals surface area contributed by atoms with Gasteiger partial charge >= 0.3 is 0 Å². The lowest BCUT2D eigenvalue weighted by Gasteiger charge is -2.20. The first kappa shape index (κ1) is 15.9. The maximum atomic E-state index is 14.0. The molecule has 0 radical (unpaired) electrons. The molecule has 0 amide bonds. The Balaban J connectivity index is 2.28. The Hall–Kier alpha value is -1.45. The second-order valence-corrected chi connectivity index (χ2v) is 5.38. The summed E-state index contributed by atoms with van der Waals surface area (Å²) in [6.45, 7) is 2.80. The quantitative estimate of drug-likeness (QED) is 0.800. The molecule has 0 saturated carbocycles. The summed E-state index contributed by atoms with van der Waals surface area (Å²) in [4.78, 5) is 0. The Labute approximate surface area is 128 Å². The average Bonchev–Trinajstić information content (AvgIpc) is 2.48. The van der Waals surface area contributed by atoms with Gasteiger partial charge in [0.05, 0.1) is 0 Å². The van der Waals surface area contributed by atoms with Gasteiger partial charge in [0.15, 0.2) is 0 Å². The van der Waals surface area contributed by atoms with Crippen LogP contribution in [0.1, 0.15) is 30.5 Å². The molecule has 112 valence electrons. The van der Waals surface area contributed by atoms with Crippen molar-refractivity contribution in [1.29, 1.82) is 0 Å². The number of hydrogen-bond acceptors (Lipinski definition) is 1. The molecule has 0 fully saturated rings. The third kappa shape index (κ3) is 4.26. The van der Waals surface area contributed by atoms with Crippen LogP contribution in [0.3, 0.4) is 0 Å². The van der Waals surface area contributed by atoms with Crippen LogP contribution in [0.25, 0.3) is 0 Å². The van der Waals surface area contributed by atoms with Gasteiger partial charge in [-0.3, -0.25) is 0 Å². The van der Waals surface area contributed by atoms with E-state index < -0.39 is 0 Å². The molecule has 0 aliphatic carbocycles. The second kappa shape index (κ2) is 7.53. The Morgan fingerprint density at radius 2 is 1.90 bits per heavy atom. The molecule has 21 heavy (non-hydrogen) atoms. The highest BCUT2D eigenvalue weighted by atomic mass is 35.5. The molecule has 0 aromatic heterocycles. The molecule has 0 aliphatic heterocycles. The van der Waals surface area contributed by atoms with Crippen LogP contribution in [-0.2, 0) is 6.42 Å². The standard InChI is InChI=1S/C17H18ClF2N/c1-2-9-21-17(14-5-3-4-6-16(14)20)11-12-10-13(19)7-8-15(12)18/h3-8,10,17,21H,2,9,11H2,1H3. The zero-order chi connectivity index (χ0) is 15.2. The topological polar surface area (TPSA) is 12.0 Å². The molecule has 2 aromatic rings. The minimum atomic E-state index is -0.336. The first-order chi connectivity index (χ1) is 10.1. The van der Waals surface area contributed by atoms with E-state index in [2.05, 4.69) is 5.32 Å². The van der Waals surface area contributed by atoms with Crippen LogP contribution in [-0.4, -0.2) is 6.54 Å². The van der Waals surface area contributed by atoms with Crippen LogP contribution in [0, 0.1) is 11.6 Å². The molecule has 4 heteroatoms. The van der Waals surface area contributed by atoms with Gasteiger partial charge in [0.2, 0.25) is 0 Å². The second-order valence-electron chi connectivity index (χ2n) is 4.97. The molecule has 0 bridgehead atoms. The van der Waals surface area contributed by atoms with E-state index in [1.807, 2.05) is 6.92 Å². The Kier molecular flexibility index (Phi) is 5.71. The normalized spacial score (nSPS) is 12.4. The molecule has 0 heterocycles. The van der Waals surface area contributed by atoms with Gasteiger partial charge in [-0.2, -0.15) is 0 Å². The molecular weight excluding hydrogens is 292 g/mol. The minimum absolute atomic E-state index is 0.231. The number of halogens is 3. The third-order valence-corrected chi connectivity index (χ3v) is 3.72. The van der Waals surface area contributed by atoms with Crippen molar-refractivity contribution in [2.24, 2.45) is 0 Å². The minimum Gasteiger partial charge on any atom is -0.310 e. The highest BCUT2D eigenvalue weighted by molar-refractivity contribution is 6.31. The van der Waals surface area contributed by atoms with Gasteiger partial charge in [0.25, 0.3) is 0 Å². The molecule has 0 saturated heterocycles. The van der Waals surface area contributed by atoms with Gasteiger partial charge in [-0.15, -0.1) is 0 Å². The first-order valence-electron chi connectivity index (χ1n) is 7.03. The Morgan fingerprint density at radius 1 is 1.14 bits per heavy atom. The zero-order valence-corrected chi connectivity index (χ0v) is 12.6. The van der Waals surface area contributed by atoms with E-state index in [-0.39, 0.29) is 17.7 Å². The van der Waals surface area contributed by atoms with Crippen LogP contribution in [0.5, 0.6) is 0 Å². The fraction of sp³-hybridized carbons (Fsp3) is 0.294. The molecular formula is C17H18ClF2N. The molecule has 1 unspecified atom stereocenters. The largest absolute Gasteiger partial charge is 0.310 e. The van der Waals surface area contributed by atoms with Crippen LogP contribution < -0.4 is 5.32 Å². The molecule has 2 rings (SSSR count). The van der Waals surface area contributed by atoms with E-state index in [1.54, 1.807) is 18.2 Å². The van der Waals surface area contributed by atoms with E-state index in [0.717, 1.165) is 13.0 Å². The van der Waals surface area contributed by atoms with Crippen LogP contribution >= 0.6 is 11.6 Å². The summed E-state index contributed by atoms with van der Waals surface area (Å²) in [7, 11) is 0.